The van der Waals surface area contributed by atoms with E-state index in [9.17, 15) is 14.4 Å². The summed E-state index contributed by atoms with van der Waals surface area (Å²) in [6, 6.07) is 0. The van der Waals surface area contributed by atoms with Crippen LogP contribution in [0.15, 0.2) is 0 Å². The van der Waals surface area contributed by atoms with Crippen molar-refractivity contribution in [3.8, 4) is 0 Å². The lowest BCUT2D eigenvalue weighted by Crippen LogP contribution is -2.32. The average Bonchev–Trinajstić information content (AvgIpc) is 3.13. The molecule has 2 unspecified atom stereocenters. The largest absolute Gasteiger partial charge is 0.462 e. The number of unbranched alkanes of at least 4 members (excludes halogenated alkanes) is 20. The quantitative estimate of drug-likeness (QED) is 0.0380. The number of ether oxygens (including phenoxy) is 5. The summed E-state index contributed by atoms with van der Waals surface area (Å²) < 4.78 is 27.6. The number of rotatable bonds is 38. The van der Waals surface area contributed by atoms with Gasteiger partial charge < -0.3 is 29.0 Å². The van der Waals surface area contributed by atoms with Gasteiger partial charge in [-0.2, -0.15) is 0 Å². The first kappa shape index (κ1) is 49.1. The molecule has 1 N–H and O–H groups in total. The van der Waals surface area contributed by atoms with Gasteiger partial charge in [0.1, 0.15) is 19.3 Å². The first-order chi connectivity index (χ1) is 24.8. The Morgan fingerprint density at radius 2 is 1.06 bits per heavy atom. The molecule has 0 saturated heterocycles. The molecule has 0 saturated carbocycles. The van der Waals surface area contributed by atoms with Crippen molar-refractivity contribution in [3.63, 3.8) is 0 Å². The second kappa shape index (κ2) is 36.5. The number of hydrogen-bond donors (Lipinski definition) is 1. The Labute approximate surface area is 313 Å². The topological polar surface area (TPSA) is 109 Å². The third-order valence-corrected chi connectivity index (χ3v) is 9.91. The minimum Gasteiger partial charge on any atom is -0.462 e. The summed E-state index contributed by atoms with van der Waals surface area (Å²) in [6.45, 7) is 9.78. The van der Waals surface area contributed by atoms with Crippen LogP contribution < -0.4 is 5.32 Å². The normalized spacial score (nSPS) is 13.0. The summed E-state index contributed by atoms with van der Waals surface area (Å²) in [7, 11) is 1.70. The predicted molar refractivity (Wildman–Crippen MR) is 208 cm³/mol. The molecule has 51 heavy (non-hydrogen) atoms. The predicted octanol–water partition coefficient (Wildman–Crippen LogP) is 11.2. The molecule has 0 bridgehead atoms. The second-order valence-corrected chi connectivity index (χ2v) is 14.6. The van der Waals surface area contributed by atoms with Crippen LogP contribution in [0.25, 0.3) is 0 Å². The van der Waals surface area contributed by atoms with Crippen molar-refractivity contribution in [2.45, 2.75) is 213 Å². The van der Waals surface area contributed by atoms with Gasteiger partial charge in [-0.05, 0) is 32.6 Å². The van der Waals surface area contributed by atoms with Crippen molar-refractivity contribution in [1.82, 2.24) is 5.32 Å². The molecule has 0 heterocycles. The van der Waals surface area contributed by atoms with Crippen molar-refractivity contribution in [3.05, 3.63) is 0 Å². The number of methoxy groups -OCH3 is 1. The minimum absolute atomic E-state index is 0.0103. The maximum absolute atomic E-state index is 12.7. The molecular formula is C42H81NO8. The molecule has 1 amide bonds. The van der Waals surface area contributed by atoms with Gasteiger partial charge in [-0.25, -0.2) is 4.79 Å². The zero-order valence-electron chi connectivity index (χ0n) is 34.0. The van der Waals surface area contributed by atoms with E-state index in [0.717, 1.165) is 51.4 Å². The summed E-state index contributed by atoms with van der Waals surface area (Å²) in [5.74, 6) is -0.556. The number of hydrogen-bond acceptors (Lipinski definition) is 8. The van der Waals surface area contributed by atoms with E-state index in [1.807, 2.05) is 6.92 Å². The van der Waals surface area contributed by atoms with Crippen LogP contribution in [0.2, 0.25) is 0 Å². The number of alkyl carbamates (subject to hydrolysis) is 1. The number of amides is 1. The highest BCUT2D eigenvalue weighted by molar-refractivity contribution is 5.70. The van der Waals surface area contributed by atoms with Crippen molar-refractivity contribution < 1.29 is 38.1 Å². The van der Waals surface area contributed by atoms with Crippen LogP contribution in [0.4, 0.5) is 4.79 Å². The van der Waals surface area contributed by atoms with Crippen LogP contribution in [-0.2, 0) is 33.3 Å². The first-order valence-electron chi connectivity index (χ1n) is 21.2. The number of carbonyl (C=O) groups excluding carboxylic acids is 3. The Hall–Kier alpha value is -1.87. The minimum atomic E-state index is -0.622. The molecule has 0 spiro atoms. The van der Waals surface area contributed by atoms with E-state index in [-0.39, 0.29) is 37.3 Å². The standard InChI is InChI=1S/C42H81NO8/c1-6-9-11-13-15-17-19-21-23-25-27-29-39(44)50-37-38(51-40(45)30-28-26-24-22-20-18-16-14-12-10-7-2)31-33-43-41(46)49-36-35-48-34-32-42(4,8-3)47-5/h38H,6-37H2,1-5H3,(H,43,46). The second-order valence-electron chi connectivity index (χ2n) is 14.6. The lowest BCUT2D eigenvalue weighted by Gasteiger charge is -2.26. The molecule has 0 aromatic rings. The van der Waals surface area contributed by atoms with Crippen molar-refractivity contribution in [2.24, 2.45) is 0 Å². The van der Waals surface area contributed by atoms with Gasteiger partial charge in [-0.3, -0.25) is 9.59 Å². The molecule has 0 aliphatic carbocycles. The lowest BCUT2D eigenvalue weighted by atomic mass is 10.00. The molecule has 0 aliphatic rings. The van der Waals surface area contributed by atoms with Gasteiger partial charge in [0.25, 0.3) is 0 Å². The Morgan fingerprint density at radius 3 is 1.53 bits per heavy atom. The fraction of sp³-hybridized carbons (Fsp3) is 0.929. The Morgan fingerprint density at radius 1 is 0.588 bits per heavy atom. The number of nitrogens with one attached hydrogen (secondary N) is 1. The molecule has 0 radical (unpaired) electrons. The molecule has 0 aromatic heterocycles. The van der Waals surface area contributed by atoms with Crippen LogP contribution >= 0.6 is 0 Å². The Kier molecular flexibility index (Phi) is 35.1. The summed E-state index contributed by atoms with van der Waals surface area (Å²) in [4.78, 5) is 37.3. The first-order valence-corrected chi connectivity index (χ1v) is 21.2. The highest BCUT2D eigenvalue weighted by Crippen LogP contribution is 2.18. The number of esters is 2. The highest BCUT2D eigenvalue weighted by Gasteiger charge is 2.20. The third kappa shape index (κ3) is 33.7. The zero-order valence-corrected chi connectivity index (χ0v) is 34.0. The van der Waals surface area contributed by atoms with Gasteiger partial charge in [0, 0.05) is 39.5 Å². The summed E-state index contributed by atoms with van der Waals surface area (Å²) in [5.41, 5.74) is -0.216. The molecule has 9 heteroatoms. The van der Waals surface area contributed by atoms with Crippen molar-refractivity contribution in [2.75, 3.05) is 40.1 Å². The van der Waals surface area contributed by atoms with Crippen LogP contribution in [0.5, 0.6) is 0 Å². The van der Waals surface area contributed by atoms with E-state index in [1.165, 1.54) is 103 Å². The van der Waals surface area contributed by atoms with Crippen molar-refractivity contribution >= 4 is 18.0 Å². The van der Waals surface area contributed by atoms with E-state index in [0.29, 0.717) is 32.5 Å². The van der Waals surface area contributed by atoms with Crippen LogP contribution in [-0.4, -0.2) is 69.8 Å². The van der Waals surface area contributed by atoms with Crippen LogP contribution in [0.3, 0.4) is 0 Å². The van der Waals surface area contributed by atoms with Gasteiger partial charge in [0.2, 0.25) is 0 Å². The molecule has 0 rings (SSSR count). The zero-order chi connectivity index (χ0) is 37.7. The van der Waals surface area contributed by atoms with Gasteiger partial charge in [0.05, 0.1) is 12.2 Å². The van der Waals surface area contributed by atoms with E-state index < -0.39 is 12.2 Å². The average molecular weight is 728 g/mol. The third-order valence-electron chi connectivity index (χ3n) is 9.91. The fourth-order valence-corrected chi connectivity index (χ4v) is 5.94. The summed E-state index contributed by atoms with van der Waals surface area (Å²) in [5, 5.41) is 2.70. The monoisotopic (exact) mass is 728 g/mol. The van der Waals surface area contributed by atoms with E-state index in [4.69, 9.17) is 23.7 Å². The maximum Gasteiger partial charge on any atom is 0.407 e. The highest BCUT2D eigenvalue weighted by atomic mass is 16.6. The fourth-order valence-electron chi connectivity index (χ4n) is 5.94. The molecule has 0 aliphatic heterocycles. The van der Waals surface area contributed by atoms with Gasteiger partial charge in [-0.15, -0.1) is 0 Å². The Balaban J connectivity index is 4.41. The van der Waals surface area contributed by atoms with Crippen LogP contribution in [0.1, 0.15) is 201 Å². The van der Waals surface area contributed by atoms with Gasteiger partial charge in [0.15, 0.2) is 0 Å². The SMILES string of the molecule is CCCCCCCCCCCCCC(=O)OCC(CCNC(=O)OCCOCCC(C)(CC)OC)OC(=O)CCCCCCCCCCCCC. The van der Waals surface area contributed by atoms with Crippen molar-refractivity contribution in [1.29, 1.82) is 0 Å². The molecular weight excluding hydrogens is 646 g/mol. The maximum atomic E-state index is 12.7. The van der Waals surface area contributed by atoms with Crippen LogP contribution in [0, 0.1) is 0 Å². The Bertz CT molecular complexity index is 804. The molecule has 0 fully saturated rings. The smallest absolute Gasteiger partial charge is 0.407 e. The molecule has 9 nitrogen and oxygen atoms in total. The molecule has 302 valence electrons. The molecule has 0 aromatic carbocycles. The van der Waals surface area contributed by atoms with Gasteiger partial charge in [-0.1, -0.05) is 149 Å². The van der Waals surface area contributed by atoms with E-state index >= 15 is 0 Å². The lowest BCUT2D eigenvalue weighted by molar-refractivity contribution is -0.159. The van der Waals surface area contributed by atoms with E-state index in [2.05, 4.69) is 26.1 Å². The molecule has 2 atom stereocenters. The van der Waals surface area contributed by atoms with E-state index in [1.54, 1.807) is 7.11 Å². The van der Waals surface area contributed by atoms with Gasteiger partial charge >= 0.3 is 18.0 Å². The summed E-state index contributed by atoms with van der Waals surface area (Å²) >= 11 is 0. The number of carbonyl (C=O) groups is 3. The summed E-state index contributed by atoms with van der Waals surface area (Å²) in [6.07, 6.45) is 28.3.